The molecule has 0 radical (unpaired) electrons. The Labute approximate surface area is 97.0 Å². The third kappa shape index (κ3) is 1.77. The molecule has 0 unspecified atom stereocenters. The number of benzene rings is 1. The number of halogens is 1. The molecule has 2 rings (SSSR count). The van der Waals surface area contributed by atoms with E-state index >= 15 is 0 Å². The molecule has 15 heavy (non-hydrogen) atoms. The van der Waals surface area contributed by atoms with Crippen LogP contribution in [0.25, 0.3) is 10.8 Å². The molecule has 0 bridgehead atoms. The van der Waals surface area contributed by atoms with Crippen molar-refractivity contribution < 1.29 is 0 Å². The third-order valence-corrected chi connectivity index (χ3v) is 2.90. The van der Waals surface area contributed by atoms with E-state index in [1.165, 1.54) is 0 Å². The molecule has 1 aromatic heterocycles. The van der Waals surface area contributed by atoms with E-state index in [0.29, 0.717) is 0 Å². The van der Waals surface area contributed by atoms with Crippen LogP contribution in [0.15, 0.2) is 28.9 Å². The number of aromatic nitrogens is 1. The fourth-order valence-electron chi connectivity index (χ4n) is 1.57. The molecule has 0 fully saturated rings. The van der Waals surface area contributed by atoms with Crippen molar-refractivity contribution in [3.05, 3.63) is 28.9 Å². The first kappa shape index (κ1) is 10.2. The van der Waals surface area contributed by atoms with Gasteiger partial charge in [-0.1, -0.05) is 0 Å². The average Bonchev–Trinajstić information content (AvgIpc) is 2.19. The maximum absolute atomic E-state index is 5.76. The van der Waals surface area contributed by atoms with E-state index in [9.17, 15) is 0 Å². The van der Waals surface area contributed by atoms with Crippen LogP contribution in [0.3, 0.4) is 0 Å². The third-order valence-electron chi connectivity index (χ3n) is 2.27. The van der Waals surface area contributed by atoms with Crippen molar-refractivity contribution in [3.8, 4) is 0 Å². The summed E-state index contributed by atoms with van der Waals surface area (Å²) in [5.41, 5.74) is 6.53. The van der Waals surface area contributed by atoms with Crippen molar-refractivity contribution >= 4 is 38.2 Å². The van der Waals surface area contributed by atoms with Gasteiger partial charge in [-0.05, 0) is 34.1 Å². The number of pyridine rings is 1. The Bertz CT molecular complexity index is 508. The van der Waals surface area contributed by atoms with Gasteiger partial charge in [-0.25, -0.2) is 4.98 Å². The molecule has 2 aromatic rings. The Hall–Kier alpha value is -1.29. The number of nitrogens with two attached hydrogens (primary N) is 1. The first-order chi connectivity index (χ1) is 7.09. The van der Waals surface area contributed by atoms with Crippen LogP contribution >= 0.6 is 15.9 Å². The Morgan fingerprint density at radius 3 is 2.67 bits per heavy atom. The fourth-order valence-corrected chi connectivity index (χ4v) is 2.00. The first-order valence-electron chi connectivity index (χ1n) is 4.60. The van der Waals surface area contributed by atoms with Gasteiger partial charge in [0.15, 0.2) is 0 Å². The lowest BCUT2D eigenvalue weighted by Gasteiger charge is -2.14. The van der Waals surface area contributed by atoms with E-state index in [2.05, 4.69) is 20.9 Å². The van der Waals surface area contributed by atoms with Gasteiger partial charge in [0.2, 0.25) is 0 Å². The maximum Gasteiger partial charge on any atom is 0.135 e. The summed E-state index contributed by atoms with van der Waals surface area (Å²) in [6.45, 7) is 0. The molecule has 0 aliphatic heterocycles. The van der Waals surface area contributed by atoms with Gasteiger partial charge in [0.05, 0.1) is 0 Å². The molecule has 0 spiro atoms. The summed E-state index contributed by atoms with van der Waals surface area (Å²) >= 11 is 3.48. The Morgan fingerprint density at radius 1 is 1.27 bits per heavy atom. The summed E-state index contributed by atoms with van der Waals surface area (Å²) in [5.74, 6) is 0.952. The molecule has 0 aliphatic carbocycles. The first-order valence-corrected chi connectivity index (χ1v) is 5.40. The number of hydrogen-bond acceptors (Lipinski definition) is 3. The minimum atomic E-state index is 0.763. The highest BCUT2D eigenvalue weighted by Crippen LogP contribution is 2.30. The van der Waals surface area contributed by atoms with Crippen LogP contribution in [0, 0.1) is 0 Å². The number of nitrogens with zero attached hydrogens (tertiary/aromatic N) is 2. The summed E-state index contributed by atoms with van der Waals surface area (Å²) in [5, 5.41) is 2.19. The largest absolute Gasteiger partial charge is 0.399 e. The second kappa shape index (κ2) is 3.70. The number of fused-ring (bicyclic) bond motifs is 1. The molecule has 0 atom stereocenters. The molecular formula is C11H12BrN3. The van der Waals surface area contributed by atoms with E-state index in [1.807, 2.05) is 37.2 Å². The van der Waals surface area contributed by atoms with Gasteiger partial charge in [-0.2, -0.15) is 0 Å². The van der Waals surface area contributed by atoms with E-state index in [1.54, 1.807) is 6.20 Å². The highest BCUT2D eigenvalue weighted by molar-refractivity contribution is 9.10. The Morgan fingerprint density at radius 2 is 2.00 bits per heavy atom. The standard InChI is InChI=1S/C11H12BrN3/c1-15(2)11-8-4-3-7(13)5-9(8)10(12)6-14-11/h3-6H,13H2,1-2H3. The average molecular weight is 266 g/mol. The lowest BCUT2D eigenvalue weighted by atomic mass is 10.1. The second-order valence-corrected chi connectivity index (χ2v) is 4.48. The highest BCUT2D eigenvalue weighted by Gasteiger charge is 2.07. The zero-order valence-electron chi connectivity index (χ0n) is 8.66. The molecular weight excluding hydrogens is 254 g/mol. The second-order valence-electron chi connectivity index (χ2n) is 3.63. The van der Waals surface area contributed by atoms with Gasteiger partial charge >= 0.3 is 0 Å². The minimum absolute atomic E-state index is 0.763. The molecule has 0 amide bonds. The van der Waals surface area contributed by atoms with E-state index in [0.717, 1.165) is 26.8 Å². The predicted octanol–water partition coefficient (Wildman–Crippen LogP) is 2.65. The summed E-state index contributed by atoms with van der Waals surface area (Å²) in [6.07, 6.45) is 1.80. The fraction of sp³-hybridized carbons (Fsp3) is 0.182. The summed E-state index contributed by atoms with van der Waals surface area (Å²) in [7, 11) is 3.96. The lowest BCUT2D eigenvalue weighted by molar-refractivity contribution is 1.08. The van der Waals surface area contributed by atoms with Crippen LogP contribution in [-0.4, -0.2) is 19.1 Å². The van der Waals surface area contributed by atoms with Gasteiger partial charge in [-0.3, -0.25) is 0 Å². The van der Waals surface area contributed by atoms with Crippen LogP contribution < -0.4 is 10.6 Å². The van der Waals surface area contributed by atoms with Crippen molar-refractivity contribution in [1.29, 1.82) is 0 Å². The normalized spacial score (nSPS) is 10.6. The Balaban J connectivity index is 2.82. The maximum atomic E-state index is 5.76. The quantitative estimate of drug-likeness (QED) is 0.807. The van der Waals surface area contributed by atoms with Gasteiger partial charge in [0.1, 0.15) is 5.82 Å². The van der Waals surface area contributed by atoms with Crippen molar-refractivity contribution in [1.82, 2.24) is 4.98 Å². The number of nitrogen functional groups attached to an aromatic ring is 1. The monoisotopic (exact) mass is 265 g/mol. The number of hydrogen-bond donors (Lipinski definition) is 1. The Kier molecular flexibility index (Phi) is 2.52. The van der Waals surface area contributed by atoms with Crippen LogP contribution in [-0.2, 0) is 0 Å². The number of anilines is 2. The van der Waals surface area contributed by atoms with Crippen LogP contribution in [0.4, 0.5) is 11.5 Å². The minimum Gasteiger partial charge on any atom is -0.399 e. The van der Waals surface area contributed by atoms with Crippen LogP contribution in [0.5, 0.6) is 0 Å². The lowest BCUT2D eigenvalue weighted by Crippen LogP contribution is -2.11. The van der Waals surface area contributed by atoms with E-state index in [-0.39, 0.29) is 0 Å². The zero-order valence-corrected chi connectivity index (χ0v) is 10.2. The van der Waals surface area contributed by atoms with E-state index in [4.69, 9.17) is 5.73 Å². The molecule has 0 aliphatic rings. The predicted molar refractivity (Wildman–Crippen MR) is 68.2 cm³/mol. The zero-order chi connectivity index (χ0) is 11.0. The molecule has 1 heterocycles. The highest BCUT2D eigenvalue weighted by atomic mass is 79.9. The van der Waals surface area contributed by atoms with Crippen LogP contribution in [0.1, 0.15) is 0 Å². The van der Waals surface area contributed by atoms with E-state index < -0.39 is 0 Å². The van der Waals surface area contributed by atoms with Crippen molar-refractivity contribution in [3.63, 3.8) is 0 Å². The molecule has 0 saturated heterocycles. The smallest absolute Gasteiger partial charge is 0.135 e. The van der Waals surface area contributed by atoms with Gasteiger partial charge in [0.25, 0.3) is 0 Å². The van der Waals surface area contributed by atoms with Crippen molar-refractivity contribution in [2.75, 3.05) is 24.7 Å². The SMILES string of the molecule is CN(C)c1ncc(Br)c2cc(N)ccc12. The summed E-state index contributed by atoms with van der Waals surface area (Å²) < 4.78 is 0.968. The van der Waals surface area contributed by atoms with Gasteiger partial charge < -0.3 is 10.6 Å². The summed E-state index contributed by atoms with van der Waals surface area (Å²) in [6, 6.07) is 5.84. The molecule has 4 heteroatoms. The topological polar surface area (TPSA) is 42.2 Å². The van der Waals surface area contributed by atoms with Crippen molar-refractivity contribution in [2.45, 2.75) is 0 Å². The number of rotatable bonds is 1. The van der Waals surface area contributed by atoms with Crippen molar-refractivity contribution in [2.24, 2.45) is 0 Å². The molecule has 3 nitrogen and oxygen atoms in total. The van der Waals surface area contributed by atoms with Gasteiger partial charge in [0, 0.05) is 41.2 Å². The molecule has 1 aromatic carbocycles. The molecule has 78 valence electrons. The molecule has 0 saturated carbocycles. The van der Waals surface area contributed by atoms with Gasteiger partial charge in [-0.15, -0.1) is 0 Å². The van der Waals surface area contributed by atoms with Crippen LogP contribution in [0.2, 0.25) is 0 Å². The summed E-state index contributed by atoms with van der Waals surface area (Å²) in [4.78, 5) is 6.36. The molecule has 2 N–H and O–H groups in total.